The summed E-state index contributed by atoms with van der Waals surface area (Å²) in [5.74, 6) is 0.584. The molecular weight excluding hydrogens is 279 g/mol. The molecule has 1 fully saturated rings. The molecule has 22 heavy (non-hydrogen) atoms. The molecule has 1 aromatic heterocycles. The highest BCUT2D eigenvalue weighted by atomic mass is 19.1. The van der Waals surface area contributed by atoms with E-state index in [0.29, 0.717) is 5.56 Å². The predicted octanol–water partition coefficient (Wildman–Crippen LogP) is 4.37. The molecule has 1 unspecified atom stereocenters. The van der Waals surface area contributed by atoms with E-state index in [1.165, 1.54) is 6.07 Å². The lowest BCUT2D eigenvalue weighted by molar-refractivity contribution is 0.452. The van der Waals surface area contributed by atoms with Crippen molar-refractivity contribution >= 4 is 11.1 Å². The van der Waals surface area contributed by atoms with E-state index < -0.39 is 0 Å². The number of rotatable bonds is 2. The second-order valence-electron chi connectivity index (χ2n) is 5.85. The third-order valence-electron chi connectivity index (χ3n) is 4.25. The van der Waals surface area contributed by atoms with Gasteiger partial charge in [0.2, 0.25) is 5.89 Å². The molecule has 3 aromatic rings. The molecule has 0 amide bonds. The van der Waals surface area contributed by atoms with Crippen molar-refractivity contribution in [1.29, 1.82) is 0 Å². The number of nitrogens with one attached hydrogen (secondary N) is 1. The summed E-state index contributed by atoms with van der Waals surface area (Å²) in [6, 6.07) is 11.3. The monoisotopic (exact) mass is 296 g/mol. The molecule has 1 atom stereocenters. The molecular formula is C18H17FN2O. The van der Waals surface area contributed by atoms with Crippen LogP contribution >= 0.6 is 0 Å². The van der Waals surface area contributed by atoms with Gasteiger partial charge in [0.05, 0.1) is 6.04 Å². The molecule has 1 saturated heterocycles. The molecule has 1 aliphatic rings. The Morgan fingerprint density at radius 2 is 2.00 bits per heavy atom. The maximum Gasteiger partial charge on any atom is 0.212 e. The van der Waals surface area contributed by atoms with Gasteiger partial charge in [-0.15, -0.1) is 0 Å². The van der Waals surface area contributed by atoms with Crippen LogP contribution in [0.3, 0.4) is 0 Å². The number of hydrogen-bond donors (Lipinski definition) is 1. The number of aromatic nitrogens is 1. The zero-order valence-corrected chi connectivity index (χ0v) is 12.4. The maximum absolute atomic E-state index is 13.4. The van der Waals surface area contributed by atoms with Gasteiger partial charge in [-0.05, 0) is 67.3 Å². The fourth-order valence-corrected chi connectivity index (χ4v) is 2.99. The number of aryl methyl sites for hydroxylation is 1. The minimum Gasteiger partial charge on any atom is -0.439 e. The van der Waals surface area contributed by atoms with Gasteiger partial charge in [0, 0.05) is 0 Å². The summed E-state index contributed by atoms with van der Waals surface area (Å²) in [4.78, 5) is 4.62. The van der Waals surface area contributed by atoms with Gasteiger partial charge in [-0.1, -0.05) is 12.1 Å². The van der Waals surface area contributed by atoms with E-state index in [1.807, 2.05) is 24.3 Å². The first kappa shape index (κ1) is 13.5. The van der Waals surface area contributed by atoms with E-state index in [-0.39, 0.29) is 11.9 Å². The summed E-state index contributed by atoms with van der Waals surface area (Å²) in [5.41, 5.74) is 4.31. The predicted molar refractivity (Wildman–Crippen MR) is 84.1 cm³/mol. The van der Waals surface area contributed by atoms with Gasteiger partial charge in [-0.2, -0.15) is 0 Å². The first-order valence-electron chi connectivity index (χ1n) is 7.61. The van der Waals surface area contributed by atoms with Crippen LogP contribution in [0.25, 0.3) is 22.2 Å². The van der Waals surface area contributed by atoms with Crippen molar-refractivity contribution in [3.8, 4) is 11.1 Å². The summed E-state index contributed by atoms with van der Waals surface area (Å²) in [5, 5.41) is 3.40. The molecule has 0 bridgehead atoms. The van der Waals surface area contributed by atoms with Crippen LogP contribution in [0.1, 0.15) is 30.3 Å². The largest absolute Gasteiger partial charge is 0.439 e. The molecule has 4 rings (SSSR count). The first-order valence-corrected chi connectivity index (χ1v) is 7.61. The van der Waals surface area contributed by atoms with Crippen LogP contribution in [0, 0.1) is 12.7 Å². The summed E-state index contributed by atoms with van der Waals surface area (Å²) >= 11 is 0. The number of halogens is 1. The van der Waals surface area contributed by atoms with Gasteiger partial charge in [-0.3, -0.25) is 0 Å². The fraction of sp³-hybridized carbons (Fsp3) is 0.278. The second-order valence-corrected chi connectivity index (χ2v) is 5.85. The van der Waals surface area contributed by atoms with E-state index in [2.05, 4.69) is 10.3 Å². The lowest BCUT2D eigenvalue weighted by atomic mass is 10.0. The number of fused-ring (bicyclic) bond motifs is 1. The molecule has 4 heteroatoms. The van der Waals surface area contributed by atoms with Gasteiger partial charge in [0.25, 0.3) is 0 Å². The Balaban J connectivity index is 1.74. The van der Waals surface area contributed by atoms with Gasteiger partial charge in [0.1, 0.15) is 11.3 Å². The van der Waals surface area contributed by atoms with Crippen molar-refractivity contribution in [3.63, 3.8) is 0 Å². The van der Waals surface area contributed by atoms with E-state index in [4.69, 9.17) is 4.42 Å². The van der Waals surface area contributed by atoms with Crippen molar-refractivity contribution in [1.82, 2.24) is 10.3 Å². The smallest absolute Gasteiger partial charge is 0.212 e. The van der Waals surface area contributed by atoms with Crippen LogP contribution in [0.5, 0.6) is 0 Å². The molecule has 1 N–H and O–H groups in total. The van der Waals surface area contributed by atoms with Crippen LogP contribution in [-0.4, -0.2) is 11.5 Å². The standard InChI is InChI=1S/C18H17FN2O/c1-11-9-12(4-6-14(11)19)13-5-7-17-16(10-13)21-18(22-17)15-3-2-8-20-15/h4-7,9-10,15,20H,2-3,8H2,1H3. The van der Waals surface area contributed by atoms with Crippen molar-refractivity contribution in [2.24, 2.45) is 0 Å². The van der Waals surface area contributed by atoms with E-state index in [1.54, 1.807) is 13.0 Å². The second kappa shape index (κ2) is 5.21. The summed E-state index contributed by atoms with van der Waals surface area (Å²) in [7, 11) is 0. The minimum absolute atomic E-state index is 0.180. The molecule has 112 valence electrons. The third-order valence-corrected chi connectivity index (χ3v) is 4.25. The highest BCUT2D eigenvalue weighted by molar-refractivity contribution is 5.80. The minimum atomic E-state index is -0.180. The van der Waals surface area contributed by atoms with Crippen molar-refractivity contribution in [3.05, 3.63) is 53.7 Å². The van der Waals surface area contributed by atoms with E-state index in [9.17, 15) is 4.39 Å². The third kappa shape index (κ3) is 2.29. The Bertz CT molecular complexity index is 834. The van der Waals surface area contributed by atoms with Crippen molar-refractivity contribution in [2.75, 3.05) is 6.54 Å². The molecule has 2 aromatic carbocycles. The quantitative estimate of drug-likeness (QED) is 0.763. The Kier molecular flexibility index (Phi) is 3.19. The molecule has 0 radical (unpaired) electrons. The Morgan fingerprint density at radius 1 is 1.18 bits per heavy atom. The van der Waals surface area contributed by atoms with Crippen LogP contribution < -0.4 is 5.32 Å². The van der Waals surface area contributed by atoms with Crippen LogP contribution in [0.15, 0.2) is 40.8 Å². The van der Waals surface area contributed by atoms with E-state index >= 15 is 0 Å². The Labute approximate surface area is 128 Å². The van der Waals surface area contributed by atoms with Crippen molar-refractivity contribution < 1.29 is 8.81 Å². The van der Waals surface area contributed by atoms with Gasteiger partial charge >= 0.3 is 0 Å². The number of benzene rings is 2. The maximum atomic E-state index is 13.4. The zero-order valence-electron chi connectivity index (χ0n) is 12.4. The SMILES string of the molecule is Cc1cc(-c2ccc3oc(C4CCCN4)nc3c2)ccc1F. The van der Waals surface area contributed by atoms with Crippen LogP contribution in [0.4, 0.5) is 4.39 Å². The topological polar surface area (TPSA) is 38.1 Å². The van der Waals surface area contributed by atoms with Crippen LogP contribution in [-0.2, 0) is 0 Å². The Morgan fingerprint density at radius 3 is 2.77 bits per heavy atom. The highest BCUT2D eigenvalue weighted by Gasteiger charge is 2.21. The average Bonchev–Trinajstić information content (AvgIpc) is 3.17. The fourth-order valence-electron chi connectivity index (χ4n) is 2.99. The molecule has 1 aliphatic heterocycles. The molecule has 0 aliphatic carbocycles. The number of hydrogen-bond acceptors (Lipinski definition) is 3. The normalized spacial score (nSPS) is 18.2. The summed E-state index contributed by atoms with van der Waals surface area (Å²) in [6.07, 6.45) is 2.22. The number of nitrogens with zero attached hydrogens (tertiary/aromatic N) is 1. The van der Waals surface area contributed by atoms with E-state index in [0.717, 1.165) is 47.5 Å². The van der Waals surface area contributed by atoms with Crippen LogP contribution in [0.2, 0.25) is 0 Å². The van der Waals surface area contributed by atoms with Gasteiger partial charge in [0.15, 0.2) is 5.58 Å². The van der Waals surface area contributed by atoms with Gasteiger partial charge in [-0.25, -0.2) is 9.37 Å². The molecule has 3 nitrogen and oxygen atoms in total. The lowest BCUT2D eigenvalue weighted by Crippen LogP contribution is -2.12. The highest BCUT2D eigenvalue weighted by Crippen LogP contribution is 2.29. The van der Waals surface area contributed by atoms with Gasteiger partial charge < -0.3 is 9.73 Å². The zero-order chi connectivity index (χ0) is 15.1. The molecule has 0 saturated carbocycles. The average molecular weight is 296 g/mol. The Hall–Kier alpha value is -2.20. The molecule has 2 heterocycles. The summed E-state index contributed by atoms with van der Waals surface area (Å²) < 4.78 is 19.3. The van der Waals surface area contributed by atoms with Crippen molar-refractivity contribution in [2.45, 2.75) is 25.8 Å². The lowest BCUT2D eigenvalue weighted by Gasteiger charge is -2.03. The first-order chi connectivity index (χ1) is 10.7. The number of oxazole rings is 1. The summed E-state index contributed by atoms with van der Waals surface area (Å²) in [6.45, 7) is 2.79. The molecule has 0 spiro atoms.